The molecule has 2 aliphatic carbocycles. The summed E-state index contributed by atoms with van der Waals surface area (Å²) in [6.07, 6.45) is 8.82. The number of likely N-dealkylation sites (tertiary alicyclic amines) is 1. The van der Waals surface area contributed by atoms with Crippen LogP contribution in [0.2, 0.25) is 0 Å². The van der Waals surface area contributed by atoms with Crippen LogP contribution in [0.3, 0.4) is 0 Å². The highest BCUT2D eigenvalue weighted by atomic mass is 35.5. The fraction of sp³-hybridized carbons (Fsp3) is 0.667. The van der Waals surface area contributed by atoms with Gasteiger partial charge in [0, 0.05) is 0 Å². The van der Waals surface area contributed by atoms with Crippen LogP contribution in [0, 0.1) is 11.8 Å². The summed E-state index contributed by atoms with van der Waals surface area (Å²) in [6.45, 7) is 0. The Hall–Kier alpha value is -1.16. The summed E-state index contributed by atoms with van der Waals surface area (Å²) in [4.78, 5) is 38.5. The molecule has 1 saturated heterocycles. The summed E-state index contributed by atoms with van der Waals surface area (Å²) in [5.41, 5.74) is -1.08. The predicted octanol–water partition coefficient (Wildman–Crippen LogP) is 2.41. The van der Waals surface area contributed by atoms with Gasteiger partial charge in [-0.25, -0.2) is 0 Å². The molecule has 108 valence electrons. The minimum atomic E-state index is -1.08. The van der Waals surface area contributed by atoms with Crippen molar-refractivity contribution in [1.29, 1.82) is 0 Å². The Morgan fingerprint density at radius 2 is 1.55 bits per heavy atom. The maximum absolute atomic E-state index is 12.6. The molecule has 20 heavy (non-hydrogen) atoms. The van der Waals surface area contributed by atoms with Crippen molar-refractivity contribution in [2.24, 2.45) is 11.8 Å². The van der Waals surface area contributed by atoms with E-state index in [0.29, 0.717) is 25.7 Å². The van der Waals surface area contributed by atoms with Crippen molar-refractivity contribution in [3.05, 3.63) is 12.2 Å². The fourth-order valence-corrected chi connectivity index (χ4v) is 4.14. The van der Waals surface area contributed by atoms with E-state index >= 15 is 0 Å². The predicted molar refractivity (Wildman–Crippen MR) is 73.9 cm³/mol. The van der Waals surface area contributed by atoms with Gasteiger partial charge in [-0.15, -0.1) is 0 Å². The van der Waals surface area contributed by atoms with Crippen LogP contribution in [0.4, 0.5) is 0 Å². The summed E-state index contributed by atoms with van der Waals surface area (Å²) in [5.74, 6) is -0.967. The molecule has 0 N–H and O–H groups in total. The Morgan fingerprint density at radius 1 is 1.05 bits per heavy atom. The third kappa shape index (κ3) is 1.85. The normalized spacial score (nSPS) is 32.4. The summed E-state index contributed by atoms with van der Waals surface area (Å²) in [6, 6.07) is 0. The van der Waals surface area contributed by atoms with Crippen molar-refractivity contribution in [3.8, 4) is 0 Å². The van der Waals surface area contributed by atoms with Crippen molar-refractivity contribution in [1.82, 2.24) is 4.90 Å². The molecular weight excluding hydrogens is 278 g/mol. The molecule has 2 fully saturated rings. The highest BCUT2D eigenvalue weighted by Gasteiger charge is 2.57. The number of fused-ring (bicyclic) bond motifs is 1. The number of rotatable bonds is 2. The smallest absolute Gasteiger partial charge is 0.247 e. The van der Waals surface area contributed by atoms with E-state index in [1.54, 1.807) is 0 Å². The van der Waals surface area contributed by atoms with Gasteiger partial charge in [0.1, 0.15) is 5.54 Å². The van der Waals surface area contributed by atoms with Gasteiger partial charge in [-0.1, -0.05) is 31.4 Å². The first kappa shape index (κ1) is 13.8. The molecule has 0 aromatic rings. The Morgan fingerprint density at radius 3 is 2.00 bits per heavy atom. The molecule has 2 amide bonds. The molecule has 0 aromatic heterocycles. The third-order valence-electron chi connectivity index (χ3n) is 4.98. The molecule has 3 rings (SSSR count). The molecule has 1 heterocycles. The van der Waals surface area contributed by atoms with Crippen LogP contribution in [-0.4, -0.2) is 27.5 Å². The third-order valence-corrected chi connectivity index (χ3v) is 5.33. The van der Waals surface area contributed by atoms with Crippen LogP contribution >= 0.6 is 11.6 Å². The van der Waals surface area contributed by atoms with E-state index in [-0.39, 0.29) is 23.7 Å². The molecule has 0 spiro atoms. The molecule has 1 aliphatic heterocycles. The number of carbonyl (C=O) groups excluding carboxylic acids is 3. The van der Waals surface area contributed by atoms with Gasteiger partial charge in [0.15, 0.2) is 0 Å². The van der Waals surface area contributed by atoms with E-state index < -0.39 is 10.8 Å². The number of carbonyl (C=O) groups is 3. The van der Waals surface area contributed by atoms with Crippen LogP contribution < -0.4 is 0 Å². The van der Waals surface area contributed by atoms with Crippen LogP contribution in [0.25, 0.3) is 0 Å². The van der Waals surface area contributed by atoms with Gasteiger partial charge in [0.2, 0.25) is 17.1 Å². The quantitative estimate of drug-likeness (QED) is 0.446. The Balaban J connectivity index is 1.98. The van der Waals surface area contributed by atoms with Gasteiger partial charge < -0.3 is 0 Å². The van der Waals surface area contributed by atoms with E-state index in [1.165, 1.54) is 4.90 Å². The number of hydrogen-bond donors (Lipinski definition) is 0. The lowest BCUT2D eigenvalue weighted by Gasteiger charge is -2.40. The first-order valence-electron chi connectivity index (χ1n) is 7.31. The van der Waals surface area contributed by atoms with Crippen LogP contribution in [0.15, 0.2) is 12.2 Å². The monoisotopic (exact) mass is 295 g/mol. The molecule has 0 radical (unpaired) electrons. The van der Waals surface area contributed by atoms with Crippen molar-refractivity contribution < 1.29 is 14.4 Å². The zero-order chi connectivity index (χ0) is 14.3. The lowest BCUT2D eigenvalue weighted by atomic mass is 9.81. The van der Waals surface area contributed by atoms with Crippen LogP contribution in [0.1, 0.15) is 44.9 Å². The lowest BCUT2D eigenvalue weighted by molar-refractivity contribution is -0.153. The molecule has 2 unspecified atom stereocenters. The highest BCUT2D eigenvalue weighted by Crippen LogP contribution is 2.44. The van der Waals surface area contributed by atoms with Gasteiger partial charge in [0.05, 0.1) is 11.8 Å². The summed E-state index contributed by atoms with van der Waals surface area (Å²) >= 11 is 5.82. The van der Waals surface area contributed by atoms with E-state index in [1.807, 2.05) is 12.2 Å². The van der Waals surface area contributed by atoms with E-state index in [2.05, 4.69) is 0 Å². The number of halogens is 1. The zero-order valence-electron chi connectivity index (χ0n) is 11.3. The Bertz CT molecular complexity index is 467. The molecule has 3 aliphatic rings. The lowest BCUT2D eigenvalue weighted by Crippen LogP contribution is -2.57. The first-order valence-corrected chi connectivity index (χ1v) is 7.68. The highest BCUT2D eigenvalue weighted by molar-refractivity contribution is 6.66. The van der Waals surface area contributed by atoms with E-state index in [4.69, 9.17) is 11.6 Å². The van der Waals surface area contributed by atoms with Gasteiger partial charge in [-0.3, -0.25) is 19.3 Å². The molecule has 1 saturated carbocycles. The maximum atomic E-state index is 12.6. The minimum Gasteiger partial charge on any atom is -0.279 e. The molecular formula is C15H18ClNO3. The average Bonchev–Trinajstić information content (AvgIpc) is 2.72. The molecule has 0 bridgehead atoms. The van der Waals surface area contributed by atoms with Crippen molar-refractivity contribution in [3.63, 3.8) is 0 Å². The number of allylic oxidation sites excluding steroid dienone is 2. The second-order valence-electron chi connectivity index (χ2n) is 6.03. The first-order chi connectivity index (χ1) is 9.58. The molecule has 5 heteroatoms. The topological polar surface area (TPSA) is 54.5 Å². The van der Waals surface area contributed by atoms with Gasteiger partial charge in [-0.2, -0.15) is 0 Å². The number of imide groups is 1. The number of amides is 2. The zero-order valence-corrected chi connectivity index (χ0v) is 12.1. The summed E-state index contributed by atoms with van der Waals surface area (Å²) in [7, 11) is 0. The van der Waals surface area contributed by atoms with Crippen LogP contribution in [0.5, 0.6) is 0 Å². The SMILES string of the molecule is O=C1C2CC=CCC2C(=O)N1C1(C(=O)Cl)CCCCC1. The minimum absolute atomic E-state index is 0.194. The van der Waals surface area contributed by atoms with Crippen molar-refractivity contribution in [2.45, 2.75) is 50.5 Å². The van der Waals surface area contributed by atoms with Gasteiger partial charge in [-0.05, 0) is 37.3 Å². The maximum Gasteiger partial charge on any atom is 0.247 e. The standard InChI is InChI=1S/C15H18ClNO3/c16-14(20)15(8-4-1-5-9-15)17-12(18)10-6-2-3-7-11(10)13(17)19/h2-3,10-11H,1,4-9H2. The second-order valence-corrected chi connectivity index (χ2v) is 6.38. The Kier molecular flexibility index (Phi) is 3.44. The largest absolute Gasteiger partial charge is 0.279 e. The summed E-state index contributed by atoms with van der Waals surface area (Å²) in [5, 5.41) is -0.550. The van der Waals surface area contributed by atoms with E-state index in [9.17, 15) is 14.4 Å². The molecule has 0 aromatic carbocycles. The number of hydrogen-bond acceptors (Lipinski definition) is 3. The fourth-order valence-electron chi connectivity index (χ4n) is 3.87. The molecule has 2 atom stereocenters. The van der Waals surface area contributed by atoms with Crippen molar-refractivity contribution >= 4 is 28.7 Å². The Labute approximate surface area is 123 Å². The molecule has 4 nitrogen and oxygen atoms in total. The summed E-state index contributed by atoms with van der Waals surface area (Å²) < 4.78 is 0. The van der Waals surface area contributed by atoms with Crippen molar-refractivity contribution in [2.75, 3.05) is 0 Å². The average molecular weight is 296 g/mol. The van der Waals surface area contributed by atoms with Crippen LogP contribution in [-0.2, 0) is 14.4 Å². The van der Waals surface area contributed by atoms with Gasteiger partial charge >= 0.3 is 0 Å². The number of nitrogens with zero attached hydrogens (tertiary/aromatic N) is 1. The van der Waals surface area contributed by atoms with E-state index in [0.717, 1.165) is 19.3 Å². The van der Waals surface area contributed by atoms with Gasteiger partial charge in [0.25, 0.3) is 0 Å². The second kappa shape index (κ2) is 4.99.